The molecule has 0 fully saturated rings. The fraction of sp³-hybridized carbons (Fsp3) is 0. The van der Waals surface area contributed by atoms with E-state index in [0.29, 0.717) is 0 Å². The van der Waals surface area contributed by atoms with Gasteiger partial charge in [0.05, 0.1) is 0 Å². The van der Waals surface area contributed by atoms with Crippen LogP contribution in [0.5, 0.6) is 0 Å². The predicted octanol–water partition coefficient (Wildman–Crippen LogP) is -8.13. The van der Waals surface area contributed by atoms with Crippen molar-refractivity contribution in [2.75, 3.05) is 0 Å². The maximum absolute atomic E-state index is 8.49. The Morgan fingerprint density at radius 2 is 0.857 bits per heavy atom. The molecule has 0 N–H and O–H groups in total. The molecule has 7 heteroatoms. The maximum Gasteiger partial charge on any atom is 1.00 e. The summed E-state index contributed by atoms with van der Waals surface area (Å²) < 4.78 is 34.0. The van der Waals surface area contributed by atoms with Crippen LogP contribution in [0.25, 0.3) is 0 Å². The third kappa shape index (κ3) is 62.3. The van der Waals surface area contributed by atoms with Crippen LogP contribution < -0.4 is 70.0 Å². The molecule has 0 spiro atoms. The molecule has 0 aliphatic carbocycles. The van der Waals surface area contributed by atoms with E-state index < -0.39 is 10.2 Å². The largest absolute Gasteiger partial charge is 1.00 e. The maximum atomic E-state index is 8.49. The van der Waals surface area contributed by atoms with E-state index in [-0.39, 0.29) is 68.7 Å². The van der Waals surface area contributed by atoms with Gasteiger partial charge in [0, 0.05) is 17.4 Å². The zero-order valence-corrected chi connectivity index (χ0v) is 8.62. The fourth-order valence-electron chi connectivity index (χ4n) is 0. The summed E-state index contributed by atoms with van der Waals surface area (Å²) in [6, 6.07) is 0. The van der Waals surface area contributed by atoms with Crippen LogP contribution in [0, 0.1) is 10.2 Å². The van der Waals surface area contributed by atoms with E-state index in [4.69, 9.17) is 18.6 Å². The Morgan fingerprint density at radius 1 is 0.857 bits per heavy atom. The van der Waals surface area contributed by atoms with Crippen LogP contribution in [0.2, 0.25) is 0 Å². The molecule has 0 atom stereocenters. The summed E-state index contributed by atoms with van der Waals surface area (Å²) in [5.74, 6) is 0. The van der Waals surface area contributed by atoms with Crippen LogP contribution in [0.15, 0.2) is 0 Å². The SMILES string of the molecule is [Al].[K+].[O-][Cl+3]([O-])([O-])[O-]. The summed E-state index contributed by atoms with van der Waals surface area (Å²) in [5.41, 5.74) is 0. The van der Waals surface area contributed by atoms with Gasteiger partial charge in [-0.2, -0.15) is 0 Å². The third-order valence-electron chi connectivity index (χ3n) is 0. The third-order valence-corrected chi connectivity index (χ3v) is 0. The van der Waals surface area contributed by atoms with Crippen molar-refractivity contribution in [3.8, 4) is 0 Å². The van der Waals surface area contributed by atoms with Crippen LogP contribution in [0.3, 0.4) is 0 Å². The molecule has 35 valence electrons. The topological polar surface area (TPSA) is 92.2 Å². The number of rotatable bonds is 0. The van der Waals surface area contributed by atoms with Crippen molar-refractivity contribution < 1.29 is 80.3 Å². The van der Waals surface area contributed by atoms with E-state index >= 15 is 0 Å². The minimum atomic E-state index is -4.94. The summed E-state index contributed by atoms with van der Waals surface area (Å²) in [6.07, 6.45) is 0. The van der Waals surface area contributed by atoms with Gasteiger partial charge >= 0.3 is 51.4 Å². The van der Waals surface area contributed by atoms with Crippen LogP contribution in [-0.4, -0.2) is 17.4 Å². The normalized spacial score (nSPS) is 8.57. The van der Waals surface area contributed by atoms with E-state index in [1.54, 1.807) is 0 Å². The van der Waals surface area contributed by atoms with Crippen LogP contribution in [-0.2, 0) is 0 Å². The Labute approximate surface area is 95.8 Å². The molecule has 0 saturated heterocycles. The van der Waals surface area contributed by atoms with Crippen LogP contribution in [0.1, 0.15) is 0 Å². The first-order valence-corrected chi connectivity index (χ1v) is 1.85. The van der Waals surface area contributed by atoms with Gasteiger partial charge in [0.25, 0.3) is 0 Å². The molecule has 0 aromatic rings. The molecule has 0 bridgehead atoms. The molecule has 7 heavy (non-hydrogen) atoms. The second-order valence-electron chi connectivity index (χ2n) is 0.378. The van der Waals surface area contributed by atoms with Gasteiger partial charge in [0.2, 0.25) is 0 Å². The van der Waals surface area contributed by atoms with Gasteiger partial charge < -0.3 is 0 Å². The quantitative estimate of drug-likeness (QED) is 0.333. The molecule has 0 heterocycles. The van der Waals surface area contributed by atoms with Crippen molar-refractivity contribution in [1.29, 1.82) is 0 Å². The Bertz CT molecular complexity index is 27.2. The van der Waals surface area contributed by atoms with Crippen molar-refractivity contribution in [1.82, 2.24) is 0 Å². The molecule has 0 aromatic carbocycles. The number of hydrogen-bond donors (Lipinski definition) is 0. The summed E-state index contributed by atoms with van der Waals surface area (Å²) in [7, 11) is -4.94. The fourth-order valence-corrected chi connectivity index (χ4v) is 0. The summed E-state index contributed by atoms with van der Waals surface area (Å²) >= 11 is 0. The van der Waals surface area contributed by atoms with E-state index in [9.17, 15) is 0 Å². The van der Waals surface area contributed by atoms with E-state index in [1.807, 2.05) is 0 Å². The molecular formula is AlClKO4. The molecule has 0 aromatic heterocycles. The average Bonchev–Trinajstić information content (AvgIpc) is 0.722. The first-order valence-electron chi connectivity index (χ1n) is 0.617. The summed E-state index contributed by atoms with van der Waals surface area (Å²) in [6.45, 7) is 0. The van der Waals surface area contributed by atoms with Crippen LogP contribution in [0.4, 0.5) is 0 Å². The Hall–Kier alpha value is 2.30. The zero-order valence-electron chi connectivity index (χ0n) is 3.59. The van der Waals surface area contributed by atoms with E-state index in [1.165, 1.54) is 0 Å². The van der Waals surface area contributed by atoms with Crippen molar-refractivity contribution in [2.24, 2.45) is 0 Å². The van der Waals surface area contributed by atoms with Crippen molar-refractivity contribution in [3.05, 3.63) is 0 Å². The van der Waals surface area contributed by atoms with Gasteiger partial charge in [-0.3, -0.25) is 0 Å². The summed E-state index contributed by atoms with van der Waals surface area (Å²) in [4.78, 5) is 0. The molecule has 0 saturated carbocycles. The first-order chi connectivity index (χ1) is 2.00. The second-order valence-corrected chi connectivity index (χ2v) is 1.13. The smallest absolute Gasteiger partial charge is 0.222 e. The van der Waals surface area contributed by atoms with E-state index in [2.05, 4.69) is 0 Å². The zero-order chi connectivity index (χ0) is 4.50. The van der Waals surface area contributed by atoms with E-state index in [0.717, 1.165) is 0 Å². The Kier molecular flexibility index (Phi) is 14.8. The molecule has 0 unspecified atom stereocenters. The standard InChI is InChI=1S/Al.ClHO4.K/c;2-1(3,4)5;/h;(H,2,3,4,5);/q;;+1/p-1. The average molecular weight is 166 g/mol. The van der Waals surface area contributed by atoms with Crippen molar-refractivity contribution in [2.45, 2.75) is 0 Å². The summed E-state index contributed by atoms with van der Waals surface area (Å²) in [5, 5.41) is 0. The van der Waals surface area contributed by atoms with Gasteiger partial charge in [-0.1, -0.05) is 0 Å². The molecule has 0 aliphatic heterocycles. The molecule has 0 aliphatic rings. The van der Waals surface area contributed by atoms with Gasteiger partial charge in [0.15, 0.2) is 0 Å². The molecule has 0 rings (SSSR count). The molecule has 3 radical (unpaired) electrons. The molecular weight excluding hydrogens is 166 g/mol. The second kappa shape index (κ2) is 6.42. The predicted molar refractivity (Wildman–Crippen MR) is 5.75 cm³/mol. The minimum Gasteiger partial charge on any atom is -0.222 e. The number of halogens is 1. The molecule has 4 nitrogen and oxygen atoms in total. The van der Waals surface area contributed by atoms with Crippen LogP contribution >= 0.6 is 0 Å². The Balaban J connectivity index is -0.0000000800. The molecule has 0 amide bonds. The van der Waals surface area contributed by atoms with Gasteiger partial charge in [0.1, 0.15) is 0 Å². The number of hydrogen-bond acceptors (Lipinski definition) is 4. The monoisotopic (exact) mass is 165 g/mol. The van der Waals surface area contributed by atoms with Gasteiger partial charge in [-0.15, -0.1) is 10.2 Å². The van der Waals surface area contributed by atoms with Gasteiger partial charge in [-0.05, 0) is 0 Å². The van der Waals surface area contributed by atoms with Crippen molar-refractivity contribution in [3.63, 3.8) is 0 Å². The van der Waals surface area contributed by atoms with Gasteiger partial charge in [-0.25, -0.2) is 18.6 Å². The Morgan fingerprint density at radius 3 is 0.857 bits per heavy atom. The minimum absolute atomic E-state index is 0. The van der Waals surface area contributed by atoms with Crippen molar-refractivity contribution >= 4 is 17.4 Å². The first kappa shape index (κ1) is 16.1.